The second-order valence-corrected chi connectivity index (χ2v) is 11.5. The molecule has 10 nitrogen and oxygen atoms in total. The zero-order chi connectivity index (χ0) is 33.6. The van der Waals surface area contributed by atoms with E-state index in [4.69, 9.17) is 9.57 Å². The molecule has 0 bridgehead atoms. The molecule has 0 unspecified atom stereocenters. The molecule has 248 valence electrons. The fourth-order valence-electron chi connectivity index (χ4n) is 6.05. The predicted molar refractivity (Wildman–Crippen MR) is 184 cm³/mol. The SMILES string of the molecule is C=CCN1CCN(c2cc(OC)c(Nc3cc(N4OCC[C@@H]4c4cccc(-c5cc(F)cc(F)c5)c4)ncn3)cc2NC(=O)C=C)CC1. The van der Waals surface area contributed by atoms with Gasteiger partial charge in [0.15, 0.2) is 5.82 Å². The molecule has 3 aromatic carbocycles. The quantitative estimate of drug-likeness (QED) is 0.139. The summed E-state index contributed by atoms with van der Waals surface area (Å²) in [5.41, 5.74) is 4.09. The van der Waals surface area contributed by atoms with Crippen molar-refractivity contribution in [2.24, 2.45) is 0 Å². The first-order chi connectivity index (χ1) is 23.3. The second-order valence-electron chi connectivity index (χ2n) is 11.5. The van der Waals surface area contributed by atoms with E-state index in [2.05, 4.69) is 43.6 Å². The first-order valence-corrected chi connectivity index (χ1v) is 15.7. The molecule has 2 fully saturated rings. The predicted octanol–water partition coefficient (Wildman–Crippen LogP) is 6.49. The number of carbonyl (C=O) groups excluding carboxylic acids is 1. The molecule has 0 saturated carbocycles. The molecule has 6 rings (SSSR count). The zero-order valence-electron chi connectivity index (χ0n) is 26.7. The molecule has 48 heavy (non-hydrogen) atoms. The number of amides is 1. The summed E-state index contributed by atoms with van der Waals surface area (Å²) in [5.74, 6) is -0.0349. The molecule has 0 aliphatic carbocycles. The number of aromatic nitrogens is 2. The average molecular weight is 654 g/mol. The number of hydrogen-bond acceptors (Lipinski definition) is 9. The van der Waals surface area contributed by atoms with Gasteiger partial charge in [-0.05, 0) is 47.0 Å². The Labute approximate surface area is 278 Å². The third kappa shape index (κ3) is 7.29. The number of benzene rings is 3. The van der Waals surface area contributed by atoms with Crippen molar-refractivity contribution in [3.63, 3.8) is 0 Å². The fraction of sp³-hybridized carbons (Fsp3) is 0.250. The van der Waals surface area contributed by atoms with Gasteiger partial charge < -0.3 is 20.3 Å². The lowest BCUT2D eigenvalue weighted by Gasteiger charge is -2.36. The van der Waals surface area contributed by atoms with Crippen LogP contribution in [0.3, 0.4) is 0 Å². The highest BCUT2D eigenvalue weighted by atomic mass is 19.1. The summed E-state index contributed by atoms with van der Waals surface area (Å²) in [5, 5.41) is 7.99. The number of rotatable bonds is 11. The Hall–Kier alpha value is -5.33. The van der Waals surface area contributed by atoms with Gasteiger partial charge >= 0.3 is 0 Å². The lowest BCUT2D eigenvalue weighted by atomic mass is 9.98. The molecule has 2 aliphatic heterocycles. The minimum absolute atomic E-state index is 0.201. The van der Waals surface area contributed by atoms with E-state index < -0.39 is 11.6 Å². The maximum atomic E-state index is 14.0. The third-order valence-electron chi connectivity index (χ3n) is 8.37. The number of ether oxygens (including phenoxy) is 1. The normalized spacial score (nSPS) is 16.4. The van der Waals surface area contributed by atoms with Crippen molar-refractivity contribution in [1.82, 2.24) is 14.9 Å². The number of nitrogens with one attached hydrogen (secondary N) is 2. The summed E-state index contributed by atoms with van der Waals surface area (Å²) < 4.78 is 33.7. The molecule has 2 saturated heterocycles. The van der Waals surface area contributed by atoms with Crippen LogP contribution < -0.4 is 25.3 Å². The van der Waals surface area contributed by atoms with Crippen molar-refractivity contribution >= 4 is 34.6 Å². The summed E-state index contributed by atoms with van der Waals surface area (Å²) in [4.78, 5) is 31.9. The largest absolute Gasteiger partial charge is 0.494 e. The molecule has 1 aromatic heterocycles. The van der Waals surface area contributed by atoms with Crippen molar-refractivity contribution in [1.29, 1.82) is 0 Å². The van der Waals surface area contributed by atoms with Crippen LogP contribution in [0, 0.1) is 11.6 Å². The topological polar surface area (TPSA) is 95.1 Å². The lowest BCUT2D eigenvalue weighted by molar-refractivity contribution is -0.111. The number of hydrogen-bond donors (Lipinski definition) is 2. The fourth-order valence-corrected chi connectivity index (χ4v) is 6.05. The molecule has 3 heterocycles. The van der Waals surface area contributed by atoms with Crippen LogP contribution in [0.4, 0.5) is 37.5 Å². The van der Waals surface area contributed by atoms with Crippen LogP contribution in [0.1, 0.15) is 18.0 Å². The van der Waals surface area contributed by atoms with E-state index in [1.165, 1.54) is 24.5 Å². The van der Waals surface area contributed by atoms with Gasteiger partial charge in [-0.25, -0.2) is 23.8 Å². The van der Waals surface area contributed by atoms with Gasteiger partial charge in [0, 0.05) is 57.3 Å². The number of piperazine rings is 1. The lowest BCUT2D eigenvalue weighted by Crippen LogP contribution is -2.46. The minimum Gasteiger partial charge on any atom is -0.494 e. The number of hydroxylamine groups is 1. The number of halogens is 2. The molecular formula is C36H37F2N7O3. The van der Waals surface area contributed by atoms with Gasteiger partial charge in [0.05, 0.1) is 36.8 Å². The first-order valence-electron chi connectivity index (χ1n) is 15.7. The number of nitrogens with zero attached hydrogens (tertiary/aromatic N) is 5. The summed E-state index contributed by atoms with van der Waals surface area (Å²) in [7, 11) is 1.59. The van der Waals surface area contributed by atoms with Crippen molar-refractivity contribution in [2.75, 3.05) is 67.0 Å². The minimum atomic E-state index is -0.634. The first kappa shape index (κ1) is 32.6. The molecule has 0 radical (unpaired) electrons. The Morgan fingerprint density at radius 3 is 2.52 bits per heavy atom. The summed E-state index contributed by atoms with van der Waals surface area (Å²) >= 11 is 0. The number of methoxy groups -OCH3 is 1. The van der Waals surface area contributed by atoms with Crippen LogP contribution in [0.5, 0.6) is 5.75 Å². The van der Waals surface area contributed by atoms with Gasteiger partial charge in [-0.15, -0.1) is 6.58 Å². The molecule has 2 N–H and O–H groups in total. The Bertz CT molecular complexity index is 1790. The van der Waals surface area contributed by atoms with Crippen LogP contribution in [-0.4, -0.2) is 67.2 Å². The second kappa shape index (κ2) is 14.6. The Morgan fingerprint density at radius 2 is 1.79 bits per heavy atom. The number of carbonyl (C=O) groups is 1. The zero-order valence-corrected chi connectivity index (χ0v) is 26.7. The summed E-state index contributed by atoms with van der Waals surface area (Å²) in [6.07, 6.45) is 5.25. The summed E-state index contributed by atoms with van der Waals surface area (Å²) in [6.45, 7) is 12.0. The van der Waals surface area contributed by atoms with E-state index >= 15 is 0 Å². The highest BCUT2D eigenvalue weighted by Crippen LogP contribution is 2.40. The maximum Gasteiger partial charge on any atom is 0.247 e. The van der Waals surface area contributed by atoms with Crippen LogP contribution in [-0.2, 0) is 9.63 Å². The smallest absolute Gasteiger partial charge is 0.247 e. The van der Waals surface area contributed by atoms with E-state index in [0.717, 1.165) is 50.0 Å². The highest BCUT2D eigenvalue weighted by molar-refractivity contribution is 6.02. The van der Waals surface area contributed by atoms with Gasteiger partial charge in [0.1, 0.15) is 29.5 Å². The van der Waals surface area contributed by atoms with Crippen LogP contribution in [0.25, 0.3) is 11.1 Å². The Morgan fingerprint density at radius 1 is 1.00 bits per heavy atom. The van der Waals surface area contributed by atoms with Gasteiger partial charge in [-0.2, -0.15) is 0 Å². The summed E-state index contributed by atoms with van der Waals surface area (Å²) in [6, 6.07) is 16.3. The van der Waals surface area contributed by atoms with Gasteiger partial charge in [-0.1, -0.05) is 30.9 Å². The van der Waals surface area contributed by atoms with E-state index in [1.807, 2.05) is 42.5 Å². The van der Waals surface area contributed by atoms with Crippen molar-refractivity contribution in [3.05, 3.63) is 109 Å². The standard InChI is InChI=1S/C36H37F2N7O3/c1-4-10-43-11-13-44(14-12-43)32-21-33(47-3)30(20-29(32)42-36(46)5-2)41-34-22-35(40-23-39-34)45-31(9-15-48-45)25-8-6-7-24(16-25)26-17-27(37)19-28(38)18-26/h4-8,16-23,31H,1-2,9-15H2,3H3,(H,42,46)(H,39,40,41)/t31-/m1/s1. The van der Waals surface area contributed by atoms with Crippen LogP contribution in [0.2, 0.25) is 0 Å². The molecule has 0 spiro atoms. The van der Waals surface area contributed by atoms with E-state index in [9.17, 15) is 13.6 Å². The Kier molecular flexibility index (Phi) is 9.93. The molecule has 1 amide bonds. The number of anilines is 5. The highest BCUT2D eigenvalue weighted by Gasteiger charge is 2.30. The van der Waals surface area contributed by atoms with Crippen molar-refractivity contribution in [3.8, 4) is 16.9 Å². The van der Waals surface area contributed by atoms with Crippen molar-refractivity contribution in [2.45, 2.75) is 12.5 Å². The third-order valence-corrected chi connectivity index (χ3v) is 8.37. The van der Waals surface area contributed by atoms with Crippen LogP contribution in [0.15, 0.2) is 92.3 Å². The van der Waals surface area contributed by atoms with E-state index in [0.29, 0.717) is 52.9 Å². The van der Waals surface area contributed by atoms with Gasteiger partial charge in [0.2, 0.25) is 5.91 Å². The maximum absolute atomic E-state index is 14.0. The molecule has 1 atom stereocenters. The Balaban J connectivity index is 1.26. The molecule has 2 aliphatic rings. The molecule has 4 aromatic rings. The van der Waals surface area contributed by atoms with E-state index in [1.54, 1.807) is 18.2 Å². The van der Waals surface area contributed by atoms with E-state index in [-0.39, 0.29) is 11.9 Å². The van der Waals surface area contributed by atoms with Gasteiger partial charge in [-0.3, -0.25) is 14.5 Å². The van der Waals surface area contributed by atoms with Gasteiger partial charge in [0.25, 0.3) is 0 Å². The monoisotopic (exact) mass is 653 g/mol. The van der Waals surface area contributed by atoms with Crippen molar-refractivity contribution < 1.29 is 23.1 Å². The molecule has 12 heteroatoms. The van der Waals surface area contributed by atoms with Crippen LogP contribution >= 0.6 is 0 Å². The average Bonchev–Trinajstić information content (AvgIpc) is 3.59. The molecular weight excluding hydrogens is 616 g/mol.